The molecule has 0 aromatic carbocycles. The minimum Gasteiger partial charge on any atom is -0.481 e. The van der Waals surface area contributed by atoms with E-state index in [1.807, 2.05) is 6.08 Å². The van der Waals surface area contributed by atoms with Gasteiger partial charge in [0.1, 0.15) is 0 Å². The molecule has 0 saturated heterocycles. The standard InChI is InChI=1S/C17H17F3O4/c18-17(19,20)16(13(23)24)8-14(3-2-10(16)7-14)15-4-1-9(6-15)5-11(15)12(21)22/h1-4,9-11H,5-8H2,(H,21,22)(H,23,24). The molecule has 4 nitrogen and oxygen atoms in total. The van der Waals surface area contributed by atoms with Gasteiger partial charge in [-0.05, 0) is 31.6 Å². The van der Waals surface area contributed by atoms with Crippen LogP contribution in [0.15, 0.2) is 24.3 Å². The van der Waals surface area contributed by atoms with Gasteiger partial charge < -0.3 is 10.2 Å². The van der Waals surface area contributed by atoms with Crippen LogP contribution in [-0.4, -0.2) is 28.3 Å². The van der Waals surface area contributed by atoms with E-state index in [-0.39, 0.29) is 12.3 Å². The molecule has 130 valence electrons. The lowest BCUT2D eigenvalue weighted by Gasteiger charge is -2.46. The van der Waals surface area contributed by atoms with Crippen molar-refractivity contribution in [3.8, 4) is 0 Å². The Balaban J connectivity index is 1.84. The predicted molar refractivity (Wildman–Crippen MR) is 75.8 cm³/mol. The summed E-state index contributed by atoms with van der Waals surface area (Å²) >= 11 is 0. The van der Waals surface area contributed by atoms with E-state index in [1.54, 1.807) is 12.2 Å². The van der Waals surface area contributed by atoms with Crippen LogP contribution in [-0.2, 0) is 9.59 Å². The second-order valence-corrected chi connectivity index (χ2v) is 7.77. The second kappa shape index (κ2) is 4.24. The van der Waals surface area contributed by atoms with Gasteiger partial charge in [0, 0.05) is 16.7 Å². The SMILES string of the molecule is O=C(O)C1CC2C=CC1(C13C=CC(C1)C(C(=O)O)(C(F)(F)F)C3)C2. The van der Waals surface area contributed by atoms with Crippen LogP contribution < -0.4 is 0 Å². The van der Waals surface area contributed by atoms with Crippen molar-refractivity contribution in [2.24, 2.45) is 34.0 Å². The average molecular weight is 342 g/mol. The third kappa shape index (κ3) is 1.51. The van der Waals surface area contributed by atoms with E-state index < -0.39 is 52.6 Å². The first-order chi connectivity index (χ1) is 11.1. The molecule has 0 aromatic rings. The smallest absolute Gasteiger partial charge is 0.405 e. The summed E-state index contributed by atoms with van der Waals surface area (Å²) in [6.07, 6.45) is 2.22. The van der Waals surface area contributed by atoms with Crippen LogP contribution in [0.2, 0.25) is 0 Å². The quantitative estimate of drug-likeness (QED) is 0.772. The van der Waals surface area contributed by atoms with E-state index in [0.29, 0.717) is 12.8 Å². The monoisotopic (exact) mass is 342 g/mol. The molecular weight excluding hydrogens is 325 g/mol. The first-order valence-corrected chi connectivity index (χ1v) is 8.00. The van der Waals surface area contributed by atoms with Crippen molar-refractivity contribution < 1.29 is 33.0 Å². The molecule has 4 rings (SSSR count). The molecule has 0 aromatic heterocycles. The van der Waals surface area contributed by atoms with Gasteiger partial charge in [0.2, 0.25) is 0 Å². The highest BCUT2D eigenvalue weighted by atomic mass is 19.4. The summed E-state index contributed by atoms with van der Waals surface area (Å²) in [5.41, 5.74) is -4.76. The summed E-state index contributed by atoms with van der Waals surface area (Å²) < 4.78 is 41.2. The predicted octanol–water partition coefficient (Wildman–Crippen LogP) is 3.25. The number of alkyl halides is 3. The van der Waals surface area contributed by atoms with Crippen LogP contribution in [0, 0.1) is 34.0 Å². The highest BCUT2D eigenvalue weighted by Gasteiger charge is 2.77. The Kier molecular flexibility index (Phi) is 2.78. The lowest BCUT2D eigenvalue weighted by molar-refractivity contribution is -0.240. The molecule has 24 heavy (non-hydrogen) atoms. The van der Waals surface area contributed by atoms with Gasteiger partial charge in [-0.1, -0.05) is 24.3 Å². The molecule has 4 bridgehead atoms. The number of carbonyl (C=O) groups is 2. The summed E-state index contributed by atoms with van der Waals surface area (Å²) in [5, 5.41) is 19.0. The third-order valence-electron chi connectivity index (χ3n) is 7.00. The van der Waals surface area contributed by atoms with E-state index in [1.165, 1.54) is 6.08 Å². The Morgan fingerprint density at radius 1 is 1.08 bits per heavy atom. The largest absolute Gasteiger partial charge is 0.481 e. The molecule has 4 aliphatic carbocycles. The maximum absolute atomic E-state index is 13.7. The van der Waals surface area contributed by atoms with Crippen molar-refractivity contribution in [1.29, 1.82) is 0 Å². The van der Waals surface area contributed by atoms with Gasteiger partial charge in [0.25, 0.3) is 0 Å². The Morgan fingerprint density at radius 2 is 1.79 bits per heavy atom. The van der Waals surface area contributed by atoms with Gasteiger partial charge in [-0.3, -0.25) is 9.59 Å². The van der Waals surface area contributed by atoms with Gasteiger partial charge in [0.05, 0.1) is 5.92 Å². The normalized spacial score (nSPS) is 48.4. The lowest BCUT2D eigenvalue weighted by Crippen LogP contribution is -2.51. The summed E-state index contributed by atoms with van der Waals surface area (Å²) in [6, 6.07) is 0. The number of allylic oxidation sites excluding steroid dienone is 4. The maximum Gasteiger partial charge on any atom is 0.405 e. The molecule has 7 heteroatoms. The van der Waals surface area contributed by atoms with E-state index in [0.717, 1.165) is 0 Å². The number of hydrogen-bond acceptors (Lipinski definition) is 2. The zero-order chi connectivity index (χ0) is 17.5. The molecule has 2 fully saturated rings. The van der Waals surface area contributed by atoms with Gasteiger partial charge in [-0.25, -0.2) is 0 Å². The molecule has 2 N–H and O–H groups in total. The number of halogens is 3. The fourth-order valence-electron chi connectivity index (χ4n) is 5.95. The fourth-order valence-corrected chi connectivity index (χ4v) is 5.95. The number of carboxylic acids is 2. The summed E-state index contributed by atoms with van der Waals surface area (Å²) in [4.78, 5) is 23.4. The van der Waals surface area contributed by atoms with E-state index in [4.69, 9.17) is 0 Å². The zero-order valence-corrected chi connectivity index (χ0v) is 12.7. The Hall–Kier alpha value is -1.79. The van der Waals surface area contributed by atoms with Crippen molar-refractivity contribution in [3.63, 3.8) is 0 Å². The van der Waals surface area contributed by atoms with Gasteiger partial charge in [-0.15, -0.1) is 0 Å². The molecular formula is C17H17F3O4. The summed E-state index contributed by atoms with van der Waals surface area (Å²) in [5.74, 6) is -4.70. The zero-order valence-electron chi connectivity index (χ0n) is 12.7. The minimum absolute atomic E-state index is 0.0543. The van der Waals surface area contributed by atoms with E-state index in [2.05, 4.69) is 0 Å². The first-order valence-electron chi connectivity index (χ1n) is 8.00. The Labute approximate surface area is 136 Å². The fraction of sp³-hybridized carbons (Fsp3) is 0.647. The highest BCUT2D eigenvalue weighted by molar-refractivity contribution is 5.79. The minimum atomic E-state index is -4.87. The van der Waals surface area contributed by atoms with Crippen molar-refractivity contribution in [3.05, 3.63) is 24.3 Å². The molecule has 4 aliphatic rings. The molecule has 0 heterocycles. The van der Waals surface area contributed by atoms with Crippen LogP contribution in [0.5, 0.6) is 0 Å². The molecule has 0 radical (unpaired) electrons. The van der Waals surface area contributed by atoms with Gasteiger partial charge in [0.15, 0.2) is 5.41 Å². The second-order valence-electron chi connectivity index (χ2n) is 7.77. The third-order valence-corrected chi connectivity index (χ3v) is 7.00. The maximum atomic E-state index is 13.7. The van der Waals surface area contributed by atoms with Crippen molar-refractivity contribution >= 4 is 11.9 Å². The van der Waals surface area contributed by atoms with Crippen LogP contribution in [0.4, 0.5) is 13.2 Å². The Morgan fingerprint density at radius 3 is 2.29 bits per heavy atom. The van der Waals surface area contributed by atoms with Crippen molar-refractivity contribution in [2.75, 3.05) is 0 Å². The molecule has 6 unspecified atom stereocenters. The number of carboxylic acid groups (broad SMARTS) is 2. The topological polar surface area (TPSA) is 74.6 Å². The number of fused-ring (bicyclic) bond motifs is 5. The van der Waals surface area contributed by atoms with Crippen molar-refractivity contribution in [2.45, 2.75) is 31.9 Å². The van der Waals surface area contributed by atoms with Crippen LogP contribution in [0.25, 0.3) is 0 Å². The Bertz CT molecular complexity index is 696. The number of aliphatic carboxylic acids is 2. The van der Waals surface area contributed by atoms with Crippen LogP contribution in [0.3, 0.4) is 0 Å². The van der Waals surface area contributed by atoms with Crippen LogP contribution in [0.1, 0.15) is 25.7 Å². The molecule has 2 saturated carbocycles. The number of hydrogen-bond donors (Lipinski definition) is 2. The number of rotatable bonds is 3. The van der Waals surface area contributed by atoms with E-state index in [9.17, 15) is 33.0 Å². The molecule has 0 aliphatic heterocycles. The average Bonchev–Trinajstić information content (AvgIpc) is 3.23. The van der Waals surface area contributed by atoms with Gasteiger partial charge >= 0.3 is 18.1 Å². The van der Waals surface area contributed by atoms with E-state index >= 15 is 0 Å². The lowest BCUT2D eigenvalue weighted by atomic mass is 9.56. The summed E-state index contributed by atoms with van der Waals surface area (Å²) in [6.45, 7) is 0. The molecule has 0 amide bonds. The van der Waals surface area contributed by atoms with Crippen LogP contribution >= 0.6 is 0 Å². The first kappa shape index (κ1) is 15.7. The van der Waals surface area contributed by atoms with Crippen molar-refractivity contribution in [1.82, 2.24) is 0 Å². The highest BCUT2D eigenvalue weighted by Crippen LogP contribution is 2.75. The van der Waals surface area contributed by atoms with Gasteiger partial charge in [-0.2, -0.15) is 13.2 Å². The summed E-state index contributed by atoms with van der Waals surface area (Å²) in [7, 11) is 0. The molecule has 6 atom stereocenters. The molecule has 0 spiro atoms.